The number of hydrogen-bond donors (Lipinski definition) is 2. The average Bonchev–Trinajstić information content (AvgIpc) is 3.42. The molecule has 2 aromatic carbocycles. The summed E-state index contributed by atoms with van der Waals surface area (Å²) in [6.07, 6.45) is 1.19. The van der Waals surface area contributed by atoms with Crippen molar-refractivity contribution in [1.82, 2.24) is 5.32 Å². The smallest absolute Gasteiger partial charge is 0.267 e. The maximum atomic E-state index is 12.7. The van der Waals surface area contributed by atoms with Crippen molar-refractivity contribution in [2.45, 2.75) is 25.8 Å². The molecule has 0 bridgehead atoms. The normalized spacial score (nSPS) is 20.6. The monoisotopic (exact) mass is 439 g/mol. The Kier molecular flexibility index (Phi) is 6.13. The van der Waals surface area contributed by atoms with Gasteiger partial charge in [0.05, 0.1) is 5.69 Å². The second-order valence-corrected chi connectivity index (χ2v) is 8.53. The van der Waals surface area contributed by atoms with E-state index in [0.29, 0.717) is 18.2 Å². The fourth-order valence-electron chi connectivity index (χ4n) is 4.17. The van der Waals surface area contributed by atoms with Crippen LogP contribution in [0.2, 0.25) is 5.02 Å². The summed E-state index contributed by atoms with van der Waals surface area (Å²) in [6.45, 7) is 4.41. The van der Waals surface area contributed by atoms with Crippen molar-refractivity contribution in [2.75, 3.05) is 29.5 Å². The maximum Gasteiger partial charge on any atom is 0.267 e. The second-order valence-electron chi connectivity index (χ2n) is 8.09. The number of nitrogens with zero attached hydrogens (tertiary/aromatic N) is 3. The van der Waals surface area contributed by atoms with Gasteiger partial charge in [0, 0.05) is 36.8 Å². The lowest BCUT2D eigenvalue weighted by Gasteiger charge is -2.21. The summed E-state index contributed by atoms with van der Waals surface area (Å²) in [4.78, 5) is 27.0. The number of nitrogens with two attached hydrogens (primary N) is 1. The number of amides is 2. The number of aryl methyl sites for hydroxylation is 1. The van der Waals surface area contributed by atoms with Crippen LogP contribution in [0.15, 0.2) is 53.6 Å². The Hall–Kier alpha value is -3.06. The number of hydrogen-bond acceptors (Lipinski definition) is 5. The van der Waals surface area contributed by atoms with E-state index < -0.39 is 11.9 Å². The van der Waals surface area contributed by atoms with Crippen LogP contribution in [0.3, 0.4) is 0 Å². The Morgan fingerprint density at radius 2 is 2.00 bits per heavy atom. The van der Waals surface area contributed by atoms with Crippen LogP contribution >= 0.6 is 11.6 Å². The quantitative estimate of drug-likeness (QED) is 0.724. The number of anilines is 2. The van der Waals surface area contributed by atoms with E-state index in [1.54, 1.807) is 0 Å². The molecule has 3 N–H and O–H groups in total. The van der Waals surface area contributed by atoms with Crippen LogP contribution in [-0.2, 0) is 9.59 Å². The Morgan fingerprint density at radius 3 is 2.74 bits per heavy atom. The first-order chi connectivity index (χ1) is 14.9. The minimum Gasteiger partial charge on any atom is -0.371 e. The number of rotatable bonds is 6. The molecule has 2 heterocycles. The molecule has 0 radical (unpaired) electrons. The summed E-state index contributed by atoms with van der Waals surface area (Å²) in [7, 11) is 0. The van der Waals surface area contributed by atoms with Gasteiger partial charge >= 0.3 is 0 Å². The van der Waals surface area contributed by atoms with Gasteiger partial charge in [-0.05, 0) is 49.1 Å². The molecule has 31 heavy (non-hydrogen) atoms. The van der Waals surface area contributed by atoms with Gasteiger partial charge in [0.25, 0.3) is 5.91 Å². The van der Waals surface area contributed by atoms with E-state index in [-0.39, 0.29) is 12.3 Å². The average molecular weight is 440 g/mol. The van der Waals surface area contributed by atoms with Crippen molar-refractivity contribution in [2.24, 2.45) is 16.8 Å². The summed E-state index contributed by atoms with van der Waals surface area (Å²) >= 11 is 6.16. The molecule has 2 unspecified atom stereocenters. The van der Waals surface area contributed by atoms with Crippen molar-refractivity contribution in [3.63, 3.8) is 0 Å². The molecule has 1 fully saturated rings. The van der Waals surface area contributed by atoms with Gasteiger partial charge in [0.2, 0.25) is 5.91 Å². The lowest BCUT2D eigenvalue weighted by atomic mass is 10.1. The molecule has 2 atom stereocenters. The largest absolute Gasteiger partial charge is 0.371 e. The lowest BCUT2D eigenvalue weighted by molar-refractivity contribution is -0.119. The van der Waals surface area contributed by atoms with Gasteiger partial charge in [-0.25, -0.2) is 0 Å². The predicted molar refractivity (Wildman–Crippen MR) is 123 cm³/mol. The van der Waals surface area contributed by atoms with E-state index in [9.17, 15) is 9.59 Å². The highest BCUT2D eigenvalue weighted by molar-refractivity contribution is 6.40. The number of primary amides is 1. The zero-order chi connectivity index (χ0) is 22.0. The zero-order valence-corrected chi connectivity index (χ0v) is 18.2. The minimum atomic E-state index is -0.657. The van der Waals surface area contributed by atoms with Gasteiger partial charge in [-0.2, -0.15) is 5.10 Å². The first-order valence-electron chi connectivity index (χ1n) is 10.4. The van der Waals surface area contributed by atoms with Crippen molar-refractivity contribution < 1.29 is 9.59 Å². The molecule has 2 amide bonds. The Balaban J connectivity index is 1.37. The van der Waals surface area contributed by atoms with Gasteiger partial charge in [-0.15, -0.1) is 0 Å². The molecule has 1 saturated heterocycles. The molecule has 2 aromatic rings. The topological polar surface area (TPSA) is 91.0 Å². The first kappa shape index (κ1) is 21.2. The molecule has 162 valence electrons. The number of nitrogens with one attached hydrogen (secondary N) is 1. The number of carbonyl (C=O) groups excluding carboxylic acids is 2. The van der Waals surface area contributed by atoms with Gasteiger partial charge in [-0.1, -0.05) is 35.9 Å². The molecule has 0 saturated carbocycles. The highest BCUT2D eigenvalue weighted by atomic mass is 35.5. The number of carbonyl (C=O) groups is 2. The third kappa shape index (κ3) is 4.66. The number of hydrazone groups is 1. The van der Waals surface area contributed by atoms with E-state index in [1.807, 2.05) is 48.5 Å². The Morgan fingerprint density at radius 1 is 1.23 bits per heavy atom. The van der Waals surface area contributed by atoms with Crippen LogP contribution in [0.1, 0.15) is 18.4 Å². The predicted octanol–water partition coefficient (Wildman–Crippen LogP) is 2.71. The molecular weight excluding hydrogens is 414 g/mol. The molecule has 2 aliphatic heterocycles. The van der Waals surface area contributed by atoms with Crippen LogP contribution in [0.4, 0.5) is 11.4 Å². The van der Waals surface area contributed by atoms with Crippen LogP contribution < -0.4 is 21.0 Å². The third-order valence-corrected chi connectivity index (χ3v) is 6.11. The van der Waals surface area contributed by atoms with Crippen molar-refractivity contribution in [3.05, 3.63) is 59.1 Å². The lowest BCUT2D eigenvalue weighted by Crippen LogP contribution is -2.40. The summed E-state index contributed by atoms with van der Waals surface area (Å²) in [6, 6.07) is 14.5. The second kappa shape index (κ2) is 8.98. The molecule has 0 aromatic heterocycles. The van der Waals surface area contributed by atoms with Crippen LogP contribution in [-0.4, -0.2) is 43.2 Å². The summed E-state index contributed by atoms with van der Waals surface area (Å²) in [5.74, 6) is -0.415. The van der Waals surface area contributed by atoms with E-state index in [2.05, 4.69) is 22.2 Å². The molecule has 4 rings (SSSR count). The molecule has 0 aliphatic carbocycles. The van der Waals surface area contributed by atoms with Gasteiger partial charge in [-0.3, -0.25) is 14.6 Å². The molecule has 7 nitrogen and oxygen atoms in total. The van der Waals surface area contributed by atoms with Gasteiger partial charge in [0.15, 0.2) is 0 Å². The summed E-state index contributed by atoms with van der Waals surface area (Å²) < 4.78 is 0. The molecule has 8 heteroatoms. The SMILES string of the molecule is Cc1ccc(Cl)cc1N1CCC(CNC(=O)C2=NN(c3ccccc3)C(C(N)=O)C2)C1. The fourth-order valence-corrected chi connectivity index (χ4v) is 4.33. The molecule has 2 aliphatic rings. The Labute approximate surface area is 186 Å². The minimum absolute atomic E-state index is 0.203. The van der Waals surface area contributed by atoms with Crippen LogP contribution in [0.25, 0.3) is 0 Å². The zero-order valence-electron chi connectivity index (χ0n) is 17.4. The van der Waals surface area contributed by atoms with E-state index in [1.165, 1.54) is 10.6 Å². The summed E-state index contributed by atoms with van der Waals surface area (Å²) in [5, 5.41) is 9.66. The molecular formula is C23H26ClN5O2. The van der Waals surface area contributed by atoms with Crippen LogP contribution in [0.5, 0.6) is 0 Å². The number of halogens is 1. The van der Waals surface area contributed by atoms with E-state index in [0.717, 1.165) is 35.9 Å². The maximum absolute atomic E-state index is 12.7. The summed E-state index contributed by atoms with van der Waals surface area (Å²) in [5.41, 5.74) is 8.95. The third-order valence-electron chi connectivity index (χ3n) is 5.87. The Bertz CT molecular complexity index is 1010. The first-order valence-corrected chi connectivity index (χ1v) is 10.8. The van der Waals surface area contributed by atoms with E-state index in [4.69, 9.17) is 17.3 Å². The highest BCUT2D eigenvalue weighted by Crippen LogP contribution is 2.29. The number of benzene rings is 2. The van der Waals surface area contributed by atoms with Crippen molar-refractivity contribution in [3.8, 4) is 0 Å². The van der Waals surface area contributed by atoms with Crippen molar-refractivity contribution in [1.29, 1.82) is 0 Å². The fraction of sp³-hybridized carbons (Fsp3) is 0.348. The van der Waals surface area contributed by atoms with Crippen molar-refractivity contribution >= 4 is 40.5 Å². The standard InChI is InChI=1S/C23H26ClN5O2/c1-15-7-8-17(24)11-20(15)28-10-9-16(14-28)13-26-23(31)19-12-21(22(25)30)29(27-19)18-5-3-2-4-6-18/h2-8,11,16,21H,9-10,12-14H2,1H3,(H2,25,30)(H,26,31). The number of para-hydroxylation sites is 1. The van der Waals surface area contributed by atoms with E-state index >= 15 is 0 Å². The molecule has 0 spiro atoms. The van der Waals surface area contributed by atoms with Crippen LogP contribution in [0, 0.1) is 12.8 Å². The van der Waals surface area contributed by atoms with Gasteiger partial charge in [0.1, 0.15) is 11.8 Å². The highest BCUT2D eigenvalue weighted by Gasteiger charge is 2.35. The van der Waals surface area contributed by atoms with Gasteiger partial charge < -0.3 is 16.0 Å².